The summed E-state index contributed by atoms with van der Waals surface area (Å²) in [6.07, 6.45) is 6.52. The fourth-order valence-corrected chi connectivity index (χ4v) is 3.52. The van der Waals surface area contributed by atoms with E-state index in [2.05, 4.69) is 5.16 Å². The molecule has 0 aromatic rings. The minimum atomic E-state index is -0.818. The highest BCUT2D eigenvalue weighted by Crippen LogP contribution is 2.38. The van der Waals surface area contributed by atoms with Crippen molar-refractivity contribution in [3.8, 4) is 0 Å². The molecule has 2 fully saturated rings. The van der Waals surface area contributed by atoms with E-state index in [0.717, 1.165) is 38.7 Å². The van der Waals surface area contributed by atoms with Crippen molar-refractivity contribution in [1.29, 1.82) is 0 Å². The Labute approximate surface area is 126 Å². The molecule has 120 valence electrons. The van der Waals surface area contributed by atoms with E-state index in [1.165, 1.54) is 0 Å². The molecule has 1 heterocycles. The summed E-state index contributed by atoms with van der Waals surface area (Å²) in [5.41, 5.74) is 5.09. The van der Waals surface area contributed by atoms with Gasteiger partial charge in [-0.05, 0) is 32.6 Å². The monoisotopic (exact) mass is 297 g/mol. The highest BCUT2D eigenvalue weighted by Gasteiger charge is 2.46. The molecule has 21 heavy (non-hydrogen) atoms. The number of hydrogen-bond donors (Lipinski definition) is 2. The third-order valence-corrected chi connectivity index (χ3v) is 4.83. The molecule has 1 amide bonds. The number of nitrogens with zero attached hydrogens (tertiary/aromatic N) is 2. The standard InChI is InChI=1S/C15H27N3O3/c1-2-18(11-12-7-6-10-21-12)14(19)15(13(16)17-20)8-4-3-5-9-15/h12,20H,2-11H2,1H3,(H2,16,17). The van der Waals surface area contributed by atoms with Crippen LogP contribution in [0.5, 0.6) is 0 Å². The van der Waals surface area contributed by atoms with E-state index in [-0.39, 0.29) is 17.8 Å². The second kappa shape index (κ2) is 7.11. The van der Waals surface area contributed by atoms with Crippen molar-refractivity contribution >= 4 is 11.7 Å². The number of amidine groups is 1. The zero-order valence-electron chi connectivity index (χ0n) is 12.9. The summed E-state index contributed by atoms with van der Waals surface area (Å²) >= 11 is 0. The molecular formula is C15H27N3O3. The van der Waals surface area contributed by atoms with Gasteiger partial charge in [0.05, 0.1) is 6.10 Å². The van der Waals surface area contributed by atoms with Crippen LogP contribution < -0.4 is 5.73 Å². The Morgan fingerprint density at radius 2 is 2.10 bits per heavy atom. The lowest BCUT2D eigenvalue weighted by Crippen LogP contribution is -2.53. The quantitative estimate of drug-likeness (QED) is 0.350. The number of likely N-dealkylation sites (N-methyl/N-ethyl adjacent to an activating group) is 1. The summed E-state index contributed by atoms with van der Waals surface area (Å²) in [6, 6.07) is 0. The van der Waals surface area contributed by atoms with Gasteiger partial charge in [-0.1, -0.05) is 24.4 Å². The van der Waals surface area contributed by atoms with Gasteiger partial charge in [-0.15, -0.1) is 0 Å². The van der Waals surface area contributed by atoms with Crippen LogP contribution in [0.3, 0.4) is 0 Å². The number of amides is 1. The van der Waals surface area contributed by atoms with E-state index in [4.69, 9.17) is 15.7 Å². The van der Waals surface area contributed by atoms with Crippen molar-refractivity contribution in [3.05, 3.63) is 0 Å². The third kappa shape index (κ3) is 3.31. The van der Waals surface area contributed by atoms with Crippen LogP contribution in [-0.2, 0) is 9.53 Å². The smallest absolute Gasteiger partial charge is 0.236 e. The Bertz CT molecular complexity index is 386. The van der Waals surface area contributed by atoms with Gasteiger partial charge >= 0.3 is 0 Å². The number of carbonyl (C=O) groups is 1. The molecule has 0 aromatic heterocycles. The van der Waals surface area contributed by atoms with Crippen LogP contribution in [0, 0.1) is 5.41 Å². The van der Waals surface area contributed by atoms with Gasteiger partial charge in [0.25, 0.3) is 0 Å². The first-order valence-corrected chi connectivity index (χ1v) is 8.03. The molecule has 2 rings (SSSR count). The summed E-state index contributed by atoms with van der Waals surface area (Å²) in [7, 11) is 0. The SMILES string of the molecule is CCN(CC1CCCO1)C(=O)C1(C(N)=NO)CCCCC1. The number of hydrogen-bond acceptors (Lipinski definition) is 4. The zero-order valence-corrected chi connectivity index (χ0v) is 12.9. The Morgan fingerprint density at radius 1 is 1.38 bits per heavy atom. The van der Waals surface area contributed by atoms with Crippen LogP contribution in [0.4, 0.5) is 0 Å². The molecule has 1 saturated carbocycles. The molecule has 1 saturated heterocycles. The number of oxime groups is 1. The molecule has 2 aliphatic rings. The van der Waals surface area contributed by atoms with Crippen LogP contribution in [0.15, 0.2) is 5.16 Å². The molecule has 3 N–H and O–H groups in total. The lowest BCUT2D eigenvalue weighted by Gasteiger charge is -2.39. The molecule has 6 nitrogen and oxygen atoms in total. The second-order valence-corrected chi connectivity index (χ2v) is 6.11. The maximum atomic E-state index is 13.0. The van der Waals surface area contributed by atoms with Gasteiger partial charge in [0.15, 0.2) is 5.84 Å². The highest BCUT2D eigenvalue weighted by molar-refractivity contribution is 6.06. The molecule has 1 aliphatic carbocycles. The average Bonchev–Trinajstić information content (AvgIpc) is 3.04. The summed E-state index contributed by atoms with van der Waals surface area (Å²) < 4.78 is 5.64. The van der Waals surface area contributed by atoms with Crippen molar-refractivity contribution < 1.29 is 14.7 Å². The summed E-state index contributed by atoms with van der Waals surface area (Å²) in [5, 5.41) is 12.3. The Balaban J connectivity index is 2.14. The van der Waals surface area contributed by atoms with Gasteiger partial charge in [0, 0.05) is 19.7 Å². The van der Waals surface area contributed by atoms with Crippen molar-refractivity contribution in [2.75, 3.05) is 19.7 Å². The minimum Gasteiger partial charge on any atom is -0.409 e. The predicted molar refractivity (Wildman–Crippen MR) is 80.2 cm³/mol. The molecule has 1 unspecified atom stereocenters. The summed E-state index contributed by atoms with van der Waals surface area (Å²) in [4.78, 5) is 14.9. The molecular weight excluding hydrogens is 270 g/mol. The Hall–Kier alpha value is -1.30. The summed E-state index contributed by atoms with van der Waals surface area (Å²) in [6.45, 7) is 3.98. The molecule has 0 aromatic carbocycles. The normalized spacial score (nSPS) is 25.8. The molecule has 6 heteroatoms. The van der Waals surface area contributed by atoms with Crippen molar-refractivity contribution in [3.63, 3.8) is 0 Å². The maximum absolute atomic E-state index is 13.0. The lowest BCUT2D eigenvalue weighted by molar-refractivity contribution is -0.141. The first-order chi connectivity index (χ1) is 10.1. The van der Waals surface area contributed by atoms with Gasteiger partial charge < -0.3 is 20.6 Å². The number of rotatable bonds is 5. The number of ether oxygens (including phenoxy) is 1. The van der Waals surface area contributed by atoms with Crippen LogP contribution in [0.2, 0.25) is 0 Å². The molecule has 1 atom stereocenters. The lowest BCUT2D eigenvalue weighted by atomic mass is 9.72. The molecule has 0 bridgehead atoms. The van der Waals surface area contributed by atoms with Crippen LogP contribution in [0.1, 0.15) is 51.9 Å². The van der Waals surface area contributed by atoms with Gasteiger partial charge in [-0.2, -0.15) is 0 Å². The Kier molecular flexibility index (Phi) is 5.45. The topological polar surface area (TPSA) is 88.2 Å². The van der Waals surface area contributed by atoms with Crippen LogP contribution in [-0.4, -0.2) is 47.7 Å². The first-order valence-electron chi connectivity index (χ1n) is 8.03. The highest BCUT2D eigenvalue weighted by atomic mass is 16.5. The van der Waals surface area contributed by atoms with E-state index in [1.54, 1.807) is 0 Å². The third-order valence-electron chi connectivity index (χ3n) is 4.83. The van der Waals surface area contributed by atoms with E-state index in [0.29, 0.717) is 25.9 Å². The molecule has 0 spiro atoms. The van der Waals surface area contributed by atoms with Gasteiger partial charge in [-0.3, -0.25) is 4.79 Å². The molecule has 1 aliphatic heterocycles. The van der Waals surface area contributed by atoms with E-state index >= 15 is 0 Å². The summed E-state index contributed by atoms with van der Waals surface area (Å²) in [5.74, 6) is 0.0634. The predicted octanol–water partition coefficient (Wildman–Crippen LogP) is 1.71. The zero-order chi connectivity index (χ0) is 15.3. The molecule has 0 radical (unpaired) electrons. The van der Waals surface area contributed by atoms with Crippen molar-refractivity contribution in [2.24, 2.45) is 16.3 Å². The van der Waals surface area contributed by atoms with E-state index in [1.807, 2.05) is 11.8 Å². The van der Waals surface area contributed by atoms with E-state index in [9.17, 15) is 4.79 Å². The van der Waals surface area contributed by atoms with Crippen LogP contribution in [0.25, 0.3) is 0 Å². The fraction of sp³-hybridized carbons (Fsp3) is 0.867. The fourth-order valence-electron chi connectivity index (χ4n) is 3.52. The number of carbonyl (C=O) groups excluding carboxylic acids is 1. The van der Waals surface area contributed by atoms with Crippen molar-refractivity contribution in [1.82, 2.24) is 4.90 Å². The maximum Gasteiger partial charge on any atom is 0.236 e. The first kappa shape index (κ1) is 16.1. The van der Waals surface area contributed by atoms with Crippen LogP contribution >= 0.6 is 0 Å². The van der Waals surface area contributed by atoms with Crippen molar-refractivity contribution in [2.45, 2.75) is 58.0 Å². The largest absolute Gasteiger partial charge is 0.409 e. The van der Waals surface area contributed by atoms with Gasteiger partial charge in [0.1, 0.15) is 5.41 Å². The van der Waals surface area contributed by atoms with E-state index < -0.39 is 5.41 Å². The minimum absolute atomic E-state index is 0.00417. The number of nitrogens with two attached hydrogens (primary N) is 1. The average molecular weight is 297 g/mol. The van der Waals surface area contributed by atoms with Gasteiger partial charge in [0.2, 0.25) is 5.91 Å². The second-order valence-electron chi connectivity index (χ2n) is 6.11. The van der Waals surface area contributed by atoms with Gasteiger partial charge in [-0.25, -0.2) is 0 Å². The Morgan fingerprint density at radius 3 is 2.62 bits per heavy atom.